The van der Waals surface area contributed by atoms with Gasteiger partial charge in [-0.25, -0.2) is 19.3 Å². The molecule has 1 unspecified atom stereocenters. The summed E-state index contributed by atoms with van der Waals surface area (Å²) in [4.78, 5) is 47.9. The summed E-state index contributed by atoms with van der Waals surface area (Å²) < 4.78 is 5.05. The SMILES string of the molecule is O=C(N[C@@H]1C(=O)N[C@@H]1CN1C(=O)N(C(=O)O)CC1O)OCc1ccccc1. The highest BCUT2D eigenvalue weighted by molar-refractivity contribution is 5.94. The van der Waals surface area contributed by atoms with E-state index < -0.39 is 42.4 Å². The molecule has 0 radical (unpaired) electrons. The number of amides is 5. The predicted octanol–water partition coefficient (Wildman–Crippen LogP) is -0.486. The second kappa shape index (κ2) is 7.50. The van der Waals surface area contributed by atoms with Gasteiger partial charge in [-0.3, -0.25) is 9.69 Å². The first-order valence-electron chi connectivity index (χ1n) is 8.13. The zero-order valence-electron chi connectivity index (χ0n) is 14.1. The van der Waals surface area contributed by atoms with Gasteiger partial charge in [0, 0.05) is 6.54 Å². The number of ether oxygens (including phenoxy) is 1. The van der Waals surface area contributed by atoms with Gasteiger partial charge < -0.3 is 25.6 Å². The molecular weight excluding hydrogens is 360 g/mol. The van der Waals surface area contributed by atoms with Gasteiger partial charge in [-0.05, 0) is 5.56 Å². The average Bonchev–Trinajstić information content (AvgIpc) is 2.93. The summed E-state index contributed by atoms with van der Waals surface area (Å²) in [5, 5.41) is 23.7. The van der Waals surface area contributed by atoms with Crippen LogP contribution in [0, 0.1) is 0 Å². The molecule has 144 valence electrons. The molecule has 11 heteroatoms. The van der Waals surface area contributed by atoms with Gasteiger partial charge in [0.05, 0.1) is 12.6 Å². The van der Waals surface area contributed by atoms with Crippen molar-refractivity contribution in [1.82, 2.24) is 20.4 Å². The van der Waals surface area contributed by atoms with E-state index in [1.165, 1.54) is 0 Å². The number of nitrogens with one attached hydrogen (secondary N) is 2. The van der Waals surface area contributed by atoms with Crippen LogP contribution in [0.3, 0.4) is 0 Å². The highest BCUT2D eigenvalue weighted by atomic mass is 16.5. The van der Waals surface area contributed by atoms with Crippen LogP contribution < -0.4 is 10.6 Å². The normalized spacial score (nSPS) is 24.3. The van der Waals surface area contributed by atoms with Crippen molar-refractivity contribution < 1.29 is 34.1 Å². The fraction of sp³-hybridized carbons (Fsp3) is 0.375. The van der Waals surface area contributed by atoms with E-state index in [-0.39, 0.29) is 19.7 Å². The Kier molecular flexibility index (Phi) is 5.12. The van der Waals surface area contributed by atoms with Crippen LogP contribution in [0.2, 0.25) is 0 Å². The molecule has 0 aromatic heterocycles. The molecule has 3 atom stereocenters. The Labute approximate surface area is 153 Å². The lowest BCUT2D eigenvalue weighted by molar-refractivity contribution is -0.132. The lowest BCUT2D eigenvalue weighted by Gasteiger charge is -2.39. The zero-order chi connectivity index (χ0) is 19.6. The number of β-lactam (4-membered cyclic amide) rings is 1. The molecule has 2 aliphatic heterocycles. The second-order valence-corrected chi connectivity index (χ2v) is 6.11. The van der Waals surface area contributed by atoms with Gasteiger partial charge in [0.2, 0.25) is 5.91 Å². The van der Waals surface area contributed by atoms with Crippen molar-refractivity contribution in [2.24, 2.45) is 0 Å². The van der Waals surface area contributed by atoms with Crippen molar-refractivity contribution in [2.45, 2.75) is 24.9 Å². The third kappa shape index (κ3) is 3.92. The van der Waals surface area contributed by atoms with E-state index in [2.05, 4.69) is 10.6 Å². The number of urea groups is 1. The number of hydrogen-bond acceptors (Lipinski definition) is 6. The summed E-state index contributed by atoms with van der Waals surface area (Å²) in [5.41, 5.74) is 0.779. The van der Waals surface area contributed by atoms with Crippen LogP contribution in [-0.4, -0.2) is 75.5 Å². The van der Waals surface area contributed by atoms with E-state index in [1.54, 1.807) is 24.3 Å². The van der Waals surface area contributed by atoms with E-state index in [1.807, 2.05) is 6.07 Å². The molecule has 3 rings (SSSR count). The summed E-state index contributed by atoms with van der Waals surface area (Å²) in [6, 6.07) is 6.46. The van der Waals surface area contributed by atoms with E-state index in [9.17, 15) is 24.3 Å². The monoisotopic (exact) mass is 378 g/mol. The Hall–Kier alpha value is -3.34. The molecule has 27 heavy (non-hydrogen) atoms. The maximum Gasteiger partial charge on any atom is 0.415 e. The minimum atomic E-state index is -1.47. The largest absolute Gasteiger partial charge is 0.465 e. The highest BCUT2D eigenvalue weighted by Crippen LogP contribution is 2.18. The summed E-state index contributed by atoms with van der Waals surface area (Å²) >= 11 is 0. The van der Waals surface area contributed by atoms with Crippen LogP contribution >= 0.6 is 0 Å². The molecule has 2 heterocycles. The summed E-state index contributed by atoms with van der Waals surface area (Å²) in [6.07, 6.45) is -3.60. The summed E-state index contributed by atoms with van der Waals surface area (Å²) in [7, 11) is 0. The number of hydrogen-bond donors (Lipinski definition) is 4. The Morgan fingerprint density at radius 3 is 2.56 bits per heavy atom. The first-order chi connectivity index (χ1) is 12.9. The van der Waals surface area contributed by atoms with Gasteiger partial charge in [0.1, 0.15) is 18.9 Å². The maximum atomic E-state index is 12.0. The molecule has 2 aliphatic rings. The summed E-state index contributed by atoms with van der Waals surface area (Å²) in [5.74, 6) is -0.465. The van der Waals surface area contributed by atoms with E-state index in [4.69, 9.17) is 9.84 Å². The lowest BCUT2D eigenvalue weighted by atomic mass is 9.98. The van der Waals surface area contributed by atoms with Crippen LogP contribution in [0.1, 0.15) is 5.56 Å². The van der Waals surface area contributed by atoms with Crippen molar-refractivity contribution in [3.8, 4) is 0 Å². The van der Waals surface area contributed by atoms with Crippen molar-refractivity contribution in [1.29, 1.82) is 0 Å². The quantitative estimate of drug-likeness (QED) is 0.505. The summed E-state index contributed by atoms with van der Waals surface area (Å²) in [6.45, 7) is -0.506. The molecule has 4 N–H and O–H groups in total. The molecule has 2 saturated heterocycles. The molecule has 0 bridgehead atoms. The minimum Gasteiger partial charge on any atom is -0.465 e. The minimum absolute atomic E-state index is 0.0303. The van der Waals surface area contributed by atoms with Crippen LogP contribution in [-0.2, 0) is 16.1 Å². The predicted molar refractivity (Wildman–Crippen MR) is 88.3 cm³/mol. The molecule has 11 nitrogen and oxygen atoms in total. The lowest BCUT2D eigenvalue weighted by Crippen LogP contribution is -2.72. The van der Waals surface area contributed by atoms with Crippen LogP contribution in [0.5, 0.6) is 0 Å². The Morgan fingerprint density at radius 2 is 1.96 bits per heavy atom. The molecule has 1 aromatic rings. The molecule has 0 spiro atoms. The standard InChI is InChI=1S/C16H18N4O7/c21-11-7-20(16(25)26)15(24)19(11)6-10-12(13(22)17-10)18-14(23)27-8-9-4-2-1-3-5-9/h1-5,10-12,21H,6-8H2,(H,17,22)(H,18,23)(H,25,26)/t10-,11?,12+/m1/s1. The van der Waals surface area contributed by atoms with Crippen molar-refractivity contribution >= 4 is 24.1 Å². The highest BCUT2D eigenvalue weighted by Gasteiger charge is 2.47. The average molecular weight is 378 g/mol. The number of carboxylic acid groups (broad SMARTS) is 1. The maximum absolute atomic E-state index is 12.0. The van der Waals surface area contributed by atoms with Gasteiger partial charge in [-0.1, -0.05) is 30.3 Å². The van der Waals surface area contributed by atoms with Crippen molar-refractivity contribution in [2.75, 3.05) is 13.1 Å². The fourth-order valence-electron chi connectivity index (χ4n) is 2.85. The van der Waals surface area contributed by atoms with Crippen molar-refractivity contribution in [3.05, 3.63) is 35.9 Å². The number of aliphatic hydroxyl groups excluding tert-OH is 1. The number of β-amino-alcohol motifs (C(OH)–C–C–N with tert-alkyl or cyclic N) is 1. The number of benzene rings is 1. The molecular formula is C16H18N4O7. The van der Waals surface area contributed by atoms with Crippen molar-refractivity contribution in [3.63, 3.8) is 0 Å². The number of imide groups is 1. The Bertz CT molecular complexity index is 756. The van der Waals surface area contributed by atoms with E-state index in [0.29, 0.717) is 4.90 Å². The first kappa shape index (κ1) is 18.5. The third-order valence-corrected chi connectivity index (χ3v) is 4.31. The number of carbonyl (C=O) groups excluding carboxylic acids is 3. The molecule has 0 aliphatic carbocycles. The Balaban J connectivity index is 1.52. The van der Waals surface area contributed by atoms with Gasteiger partial charge in [-0.15, -0.1) is 0 Å². The van der Waals surface area contributed by atoms with Gasteiger partial charge >= 0.3 is 18.2 Å². The van der Waals surface area contributed by atoms with E-state index in [0.717, 1.165) is 10.5 Å². The van der Waals surface area contributed by atoms with Gasteiger partial charge in [0.25, 0.3) is 0 Å². The molecule has 2 fully saturated rings. The number of rotatable bonds is 5. The van der Waals surface area contributed by atoms with Crippen LogP contribution in [0.15, 0.2) is 30.3 Å². The van der Waals surface area contributed by atoms with Gasteiger partial charge in [0.15, 0.2) is 0 Å². The third-order valence-electron chi connectivity index (χ3n) is 4.31. The topological polar surface area (TPSA) is 149 Å². The molecule has 1 aromatic carbocycles. The Morgan fingerprint density at radius 1 is 1.26 bits per heavy atom. The smallest absolute Gasteiger partial charge is 0.415 e. The number of alkyl carbamates (subject to hydrolysis) is 1. The van der Waals surface area contributed by atoms with Gasteiger partial charge in [-0.2, -0.15) is 0 Å². The first-order valence-corrected chi connectivity index (χ1v) is 8.13. The molecule has 0 saturated carbocycles. The van der Waals surface area contributed by atoms with Crippen LogP contribution in [0.4, 0.5) is 14.4 Å². The molecule has 5 amide bonds. The number of carbonyl (C=O) groups is 4. The second-order valence-electron chi connectivity index (χ2n) is 6.11. The zero-order valence-corrected chi connectivity index (χ0v) is 14.1. The van der Waals surface area contributed by atoms with E-state index >= 15 is 0 Å². The number of nitrogens with zero attached hydrogens (tertiary/aromatic N) is 2. The fourth-order valence-corrected chi connectivity index (χ4v) is 2.85. The number of aliphatic hydroxyl groups is 1. The van der Waals surface area contributed by atoms with Crippen LogP contribution in [0.25, 0.3) is 0 Å².